The van der Waals surface area contributed by atoms with Crippen molar-refractivity contribution in [3.63, 3.8) is 0 Å². The van der Waals surface area contributed by atoms with Gasteiger partial charge < -0.3 is 9.42 Å². The predicted octanol–water partition coefficient (Wildman–Crippen LogP) is 4.82. The summed E-state index contributed by atoms with van der Waals surface area (Å²) in [6.07, 6.45) is 3.23. The molecule has 0 aliphatic carbocycles. The zero-order valence-corrected chi connectivity index (χ0v) is 16.2. The minimum absolute atomic E-state index is 0.165. The Morgan fingerprint density at radius 3 is 2.77 bits per heavy atom. The molecule has 7 heteroatoms. The number of likely N-dealkylation sites (N-methyl/N-ethyl adjacent to an activating group) is 1. The number of benzene rings is 2. The highest BCUT2D eigenvalue weighted by atomic mass is 79.9. The Morgan fingerprint density at radius 2 is 2.04 bits per heavy atom. The van der Waals surface area contributed by atoms with Gasteiger partial charge >= 0.3 is 0 Å². The summed E-state index contributed by atoms with van der Waals surface area (Å²) in [5.41, 5.74) is 1.73. The van der Waals surface area contributed by atoms with Gasteiger partial charge in [-0.2, -0.15) is 4.98 Å². The van der Waals surface area contributed by atoms with Crippen LogP contribution in [0.25, 0.3) is 17.5 Å². The third-order valence-corrected chi connectivity index (χ3v) is 4.33. The van der Waals surface area contributed by atoms with E-state index in [0.29, 0.717) is 16.7 Å². The summed E-state index contributed by atoms with van der Waals surface area (Å²) in [5, 5.41) is 4.62. The monoisotopic (exact) mass is 431 g/mol. The number of hydrogen-bond acceptors (Lipinski definition) is 4. The number of carbonyl (C=O) groups is 1. The molecular weight excluding hydrogens is 418 g/mol. The first kappa shape index (κ1) is 18.4. The van der Waals surface area contributed by atoms with E-state index < -0.39 is 0 Å². The van der Waals surface area contributed by atoms with E-state index in [-0.39, 0.29) is 12.5 Å². The maximum absolute atomic E-state index is 12.2. The van der Waals surface area contributed by atoms with Crippen molar-refractivity contribution in [2.45, 2.75) is 6.54 Å². The molecule has 1 heterocycles. The van der Waals surface area contributed by atoms with E-state index in [1.165, 1.54) is 11.0 Å². The van der Waals surface area contributed by atoms with Crippen LogP contribution in [0, 0.1) is 0 Å². The molecule has 3 aromatic rings. The molecule has 0 unspecified atom stereocenters. The average molecular weight is 433 g/mol. The van der Waals surface area contributed by atoms with Crippen LogP contribution in [0.5, 0.6) is 0 Å². The first-order valence-corrected chi connectivity index (χ1v) is 8.95. The highest BCUT2D eigenvalue weighted by Gasteiger charge is 2.13. The molecule has 3 rings (SSSR count). The van der Waals surface area contributed by atoms with Gasteiger partial charge in [0, 0.05) is 28.2 Å². The highest BCUT2D eigenvalue weighted by Crippen LogP contribution is 2.20. The van der Waals surface area contributed by atoms with Crippen LogP contribution >= 0.6 is 27.5 Å². The van der Waals surface area contributed by atoms with Crippen molar-refractivity contribution in [1.82, 2.24) is 15.0 Å². The molecule has 1 amide bonds. The summed E-state index contributed by atoms with van der Waals surface area (Å²) in [6, 6.07) is 14.8. The number of nitrogens with zero attached hydrogens (tertiary/aromatic N) is 3. The average Bonchev–Trinajstić information content (AvgIpc) is 3.09. The standard InChI is InChI=1S/C19H15BrClN3O2/c1-24(18(25)10-7-13-5-8-16(21)9-6-13)12-17-22-19(23-26-17)14-3-2-4-15(20)11-14/h2-11H,12H2,1H3/b10-7+. The Hall–Kier alpha value is -2.44. The van der Waals surface area contributed by atoms with Gasteiger partial charge in [-0.15, -0.1) is 0 Å². The first-order valence-electron chi connectivity index (χ1n) is 7.78. The molecule has 0 N–H and O–H groups in total. The fourth-order valence-electron chi connectivity index (χ4n) is 2.21. The summed E-state index contributed by atoms with van der Waals surface area (Å²) in [7, 11) is 1.68. The van der Waals surface area contributed by atoms with Crippen LogP contribution in [0.2, 0.25) is 5.02 Å². The topological polar surface area (TPSA) is 59.2 Å². The van der Waals surface area contributed by atoms with E-state index in [2.05, 4.69) is 26.1 Å². The number of amides is 1. The Kier molecular flexibility index (Phi) is 5.85. The van der Waals surface area contributed by atoms with Crippen molar-refractivity contribution in [2.75, 3.05) is 7.05 Å². The Morgan fingerprint density at radius 1 is 1.27 bits per heavy atom. The van der Waals surface area contributed by atoms with Crippen molar-refractivity contribution in [3.05, 3.63) is 75.6 Å². The minimum atomic E-state index is -0.165. The van der Waals surface area contributed by atoms with Gasteiger partial charge in [-0.25, -0.2) is 0 Å². The van der Waals surface area contributed by atoms with E-state index in [9.17, 15) is 4.79 Å². The van der Waals surface area contributed by atoms with Gasteiger partial charge in [0.05, 0.1) is 6.54 Å². The summed E-state index contributed by atoms with van der Waals surface area (Å²) in [5.74, 6) is 0.691. The zero-order chi connectivity index (χ0) is 18.5. The summed E-state index contributed by atoms with van der Waals surface area (Å²) in [6.45, 7) is 0.227. The van der Waals surface area contributed by atoms with Crippen LogP contribution in [-0.2, 0) is 11.3 Å². The third-order valence-electron chi connectivity index (χ3n) is 3.59. The second-order valence-electron chi connectivity index (χ2n) is 5.60. The number of aromatic nitrogens is 2. The van der Waals surface area contributed by atoms with Crippen molar-refractivity contribution < 1.29 is 9.32 Å². The number of halogens is 2. The van der Waals surface area contributed by atoms with Gasteiger partial charge in [0.2, 0.25) is 17.6 Å². The van der Waals surface area contributed by atoms with Crippen molar-refractivity contribution in [3.8, 4) is 11.4 Å². The molecule has 0 bridgehead atoms. The molecule has 2 aromatic carbocycles. The van der Waals surface area contributed by atoms with Crippen LogP contribution in [0.15, 0.2) is 63.6 Å². The third kappa shape index (κ3) is 4.80. The smallest absolute Gasteiger partial charge is 0.246 e. The van der Waals surface area contributed by atoms with Gasteiger partial charge in [0.15, 0.2) is 0 Å². The Labute approximate surface area is 164 Å². The van der Waals surface area contributed by atoms with E-state index in [1.54, 1.807) is 25.3 Å². The molecule has 0 aliphatic heterocycles. The fraction of sp³-hybridized carbons (Fsp3) is 0.105. The van der Waals surface area contributed by atoms with Crippen LogP contribution in [-0.4, -0.2) is 28.0 Å². The fourth-order valence-corrected chi connectivity index (χ4v) is 2.74. The molecule has 26 heavy (non-hydrogen) atoms. The summed E-state index contributed by atoms with van der Waals surface area (Å²) < 4.78 is 6.18. The van der Waals surface area contributed by atoms with Crippen LogP contribution in [0.4, 0.5) is 0 Å². The van der Waals surface area contributed by atoms with E-state index in [1.807, 2.05) is 36.4 Å². The second-order valence-corrected chi connectivity index (χ2v) is 6.95. The summed E-state index contributed by atoms with van der Waals surface area (Å²) in [4.78, 5) is 18.1. The number of hydrogen-bond donors (Lipinski definition) is 0. The van der Waals surface area contributed by atoms with Crippen molar-refractivity contribution in [1.29, 1.82) is 0 Å². The molecule has 5 nitrogen and oxygen atoms in total. The Balaban J connectivity index is 1.63. The normalized spacial score (nSPS) is 11.0. The molecule has 0 atom stereocenters. The molecular formula is C19H15BrClN3O2. The quantitative estimate of drug-likeness (QED) is 0.542. The molecule has 0 saturated carbocycles. The van der Waals surface area contributed by atoms with Gasteiger partial charge in [0.25, 0.3) is 0 Å². The zero-order valence-electron chi connectivity index (χ0n) is 13.9. The molecule has 1 aromatic heterocycles. The molecule has 0 radical (unpaired) electrons. The SMILES string of the molecule is CN(Cc1nc(-c2cccc(Br)c2)no1)C(=O)/C=C/c1ccc(Cl)cc1. The van der Waals surface area contributed by atoms with E-state index in [0.717, 1.165) is 15.6 Å². The van der Waals surface area contributed by atoms with E-state index >= 15 is 0 Å². The lowest BCUT2D eigenvalue weighted by molar-refractivity contribution is -0.125. The number of rotatable bonds is 5. The lowest BCUT2D eigenvalue weighted by Crippen LogP contribution is -2.24. The highest BCUT2D eigenvalue weighted by molar-refractivity contribution is 9.10. The second kappa shape index (κ2) is 8.29. The van der Waals surface area contributed by atoms with E-state index in [4.69, 9.17) is 16.1 Å². The lowest BCUT2D eigenvalue weighted by Gasteiger charge is -2.11. The molecule has 0 fully saturated rings. The van der Waals surface area contributed by atoms with Crippen LogP contribution in [0.3, 0.4) is 0 Å². The molecule has 0 spiro atoms. The largest absolute Gasteiger partial charge is 0.337 e. The predicted molar refractivity (Wildman–Crippen MR) is 104 cm³/mol. The maximum atomic E-state index is 12.2. The van der Waals surface area contributed by atoms with Gasteiger partial charge in [-0.05, 0) is 35.9 Å². The maximum Gasteiger partial charge on any atom is 0.246 e. The molecule has 0 aliphatic rings. The lowest BCUT2D eigenvalue weighted by atomic mass is 10.2. The van der Waals surface area contributed by atoms with Crippen LogP contribution in [0.1, 0.15) is 11.5 Å². The summed E-state index contributed by atoms with van der Waals surface area (Å²) >= 11 is 9.26. The van der Waals surface area contributed by atoms with Crippen molar-refractivity contribution >= 4 is 39.5 Å². The first-order chi connectivity index (χ1) is 12.5. The van der Waals surface area contributed by atoms with Crippen LogP contribution < -0.4 is 0 Å². The number of carbonyl (C=O) groups excluding carboxylic acids is 1. The minimum Gasteiger partial charge on any atom is -0.337 e. The Bertz CT molecular complexity index is 938. The van der Waals surface area contributed by atoms with Crippen molar-refractivity contribution in [2.24, 2.45) is 0 Å². The van der Waals surface area contributed by atoms with Gasteiger partial charge in [0.1, 0.15) is 0 Å². The molecule has 132 valence electrons. The molecule has 0 saturated heterocycles. The van der Waals surface area contributed by atoms with Gasteiger partial charge in [-0.1, -0.05) is 57.0 Å². The van der Waals surface area contributed by atoms with Gasteiger partial charge in [-0.3, -0.25) is 4.79 Å².